The van der Waals surface area contributed by atoms with Gasteiger partial charge in [0, 0.05) is 16.3 Å². The lowest BCUT2D eigenvalue weighted by molar-refractivity contribution is 0.102. The van der Waals surface area contributed by atoms with E-state index in [9.17, 15) is 13.2 Å². The normalized spacial score (nSPS) is 10.9. The minimum atomic E-state index is -3.83. The fourth-order valence-corrected chi connectivity index (χ4v) is 3.89. The summed E-state index contributed by atoms with van der Waals surface area (Å²) in [6.07, 6.45) is 0. The summed E-state index contributed by atoms with van der Waals surface area (Å²) >= 11 is 5.99. The smallest absolute Gasteiger partial charge is 0.261 e. The fourth-order valence-electron chi connectivity index (χ4n) is 2.67. The molecule has 3 aromatic carbocycles. The monoisotopic (exact) mass is 446 g/mol. The van der Waals surface area contributed by atoms with Gasteiger partial charge < -0.3 is 14.8 Å². The van der Waals surface area contributed by atoms with Crippen LogP contribution in [0.3, 0.4) is 0 Å². The van der Waals surface area contributed by atoms with Crippen molar-refractivity contribution in [1.82, 2.24) is 0 Å². The van der Waals surface area contributed by atoms with E-state index in [1.54, 1.807) is 48.5 Å². The van der Waals surface area contributed by atoms with Gasteiger partial charge in [-0.05, 0) is 60.7 Å². The van der Waals surface area contributed by atoms with Crippen molar-refractivity contribution in [3.63, 3.8) is 0 Å². The van der Waals surface area contributed by atoms with E-state index in [1.807, 2.05) is 0 Å². The molecular weight excluding hydrogens is 428 g/mol. The largest absolute Gasteiger partial charge is 0.497 e. The van der Waals surface area contributed by atoms with Crippen LogP contribution >= 0.6 is 11.6 Å². The minimum Gasteiger partial charge on any atom is -0.497 e. The van der Waals surface area contributed by atoms with Gasteiger partial charge >= 0.3 is 0 Å². The van der Waals surface area contributed by atoms with Crippen molar-refractivity contribution in [2.24, 2.45) is 0 Å². The number of hydrogen-bond donors (Lipinski definition) is 2. The third-order valence-corrected chi connectivity index (χ3v) is 5.79. The Morgan fingerprint density at radius 1 is 0.933 bits per heavy atom. The zero-order valence-corrected chi connectivity index (χ0v) is 17.8. The molecule has 0 aliphatic heterocycles. The van der Waals surface area contributed by atoms with Crippen LogP contribution in [0.2, 0.25) is 5.02 Å². The van der Waals surface area contributed by atoms with Crippen LogP contribution in [-0.4, -0.2) is 28.5 Å². The number of amides is 1. The van der Waals surface area contributed by atoms with E-state index >= 15 is 0 Å². The number of hydrogen-bond acceptors (Lipinski definition) is 5. The molecule has 0 bridgehead atoms. The highest BCUT2D eigenvalue weighted by molar-refractivity contribution is 7.92. The summed E-state index contributed by atoms with van der Waals surface area (Å²) in [6.45, 7) is 0. The lowest BCUT2D eigenvalue weighted by Crippen LogP contribution is -2.15. The van der Waals surface area contributed by atoms with Gasteiger partial charge in [0.25, 0.3) is 15.9 Å². The molecule has 1 amide bonds. The molecule has 3 aromatic rings. The van der Waals surface area contributed by atoms with Crippen molar-refractivity contribution in [2.75, 3.05) is 24.3 Å². The van der Waals surface area contributed by atoms with Crippen molar-refractivity contribution >= 4 is 38.9 Å². The Kier molecular flexibility index (Phi) is 6.49. The van der Waals surface area contributed by atoms with Crippen molar-refractivity contribution in [2.45, 2.75) is 4.90 Å². The number of ether oxygens (including phenoxy) is 2. The van der Waals surface area contributed by atoms with Crippen LogP contribution in [0.25, 0.3) is 0 Å². The van der Waals surface area contributed by atoms with E-state index in [0.717, 1.165) is 0 Å². The van der Waals surface area contributed by atoms with E-state index < -0.39 is 15.9 Å². The molecule has 2 N–H and O–H groups in total. The number of carbonyl (C=O) groups excluding carboxylic acids is 1. The predicted octanol–water partition coefficient (Wildman–Crippen LogP) is 4.41. The highest BCUT2D eigenvalue weighted by atomic mass is 35.5. The average Bonchev–Trinajstić information content (AvgIpc) is 2.74. The first-order valence-corrected chi connectivity index (χ1v) is 10.6. The maximum atomic E-state index is 12.7. The van der Waals surface area contributed by atoms with Gasteiger partial charge in [-0.1, -0.05) is 17.7 Å². The lowest BCUT2D eigenvalue weighted by atomic mass is 10.2. The van der Waals surface area contributed by atoms with Crippen molar-refractivity contribution < 1.29 is 22.7 Å². The van der Waals surface area contributed by atoms with Gasteiger partial charge in [0.1, 0.15) is 11.5 Å². The van der Waals surface area contributed by atoms with Gasteiger partial charge in [0.2, 0.25) is 0 Å². The van der Waals surface area contributed by atoms with Gasteiger partial charge in [-0.3, -0.25) is 9.52 Å². The van der Waals surface area contributed by atoms with Gasteiger partial charge in [-0.15, -0.1) is 0 Å². The zero-order chi connectivity index (χ0) is 21.7. The molecule has 0 saturated heterocycles. The molecule has 156 valence electrons. The van der Waals surface area contributed by atoms with Crippen LogP contribution in [0.1, 0.15) is 10.4 Å². The van der Waals surface area contributed by atoms with Gasteiger partial charge in [0.15, 0.2) is 0 Å². The molecule has 7 nitrogen and oxygen atoms in total. The molecule has 0 aromatic heterocycles. The van der Waals surface area contributed by atoms with Crippen LogP contribution in [-0.2, 0) is 10.0 Å². The second kappa shape index (κ2) is 9.06. The maximum Gasteiger partial charge on any atom is 0.261 e. The summed E-state index contributed by atoms with van der Waals surface area (Å²) in [5, 5.41) is 3.15. The molecule has 0 saturated carbocycles. The summed E-state index contributed by atoms with van der Waals surface area (Å²) in [4.78, 5) is 12.7. The molecule has 3 rings (SSSR count). The van der Waals surface area contributed by atoms with Crippen molar-refractivity contribution in [3.05, 3.63) is 77.3 Å². The second-order valence-electron chi connectivity index (χ2n) is 6.16. The molecule has 0 unspecified atom stereocenters. The Morgan fingerprint density at radius 3 is 2.33 bits per heavy atom. The molecule has 0 fully saturated rings. The molecule has 0 atom stereocenters. The standard InChI is InChI=1S/C21H19ClN2O5S/c1-28-17-7-9-18(10-8-17)30(26,27)24-16-5-3-4-14(12-16)21(25)23-19-13-15(22)6-11-20(19)29-2/h3-13,24H,1-2H3,(H,23,25). The number of carbonyl (C=O) groups is 1. The fraction of sp³-hybridized carbons (Fsp3) is 0.0952. The third kappa shape index (κ3) is 5.03. The third-order valence-electron chi connectivity index (χ3n) is 4.16. The van der Waals surface area contributed by atoms with Gasteiger partial charge in [0.05, 0.1) is 24.8 Å². The van der Waals surface area contributed by atoms with Crippen LogP contribution in [0.5, 0.6) is 11.5 Å². The summed E-state index contributed by atoms with van der Waals surface area (Å²) in [7, 11) is -0.854. The molecule has 0 radical (unpaired) electrons. The summed E-state index contributed by atoms with van der Waals surface area (Å²) in [5.74, 6) is 0.550. The van der Waals surface area contributed by atoms with E-state index in [4.69, 9.17) is 21.1 Å². The zero-order valence-electron chi connectivity index (χ0n) is 16.2. The van der Waals surface area contributed by atoms with Crippen LogP contribution in [0, 0.1) is 0 Å². The molecular formula is C21H19ClN2O5S. The summed E-state index contributed by atoms with van der Waals surface area (Å²) in [5.41, 5.74) is 0.905. The summed E-state index contributed by atoms with van der Waals surface area (Å²) < 4.78 is 37.9. The number of methoxy groups -OCH3 is 2. The number of nitrogens with one attached hydrogen (secondary N) is 2. The average molecular weight is 447 g/mol. The second-order valence-corrected chi connectivity index (χ2v) is 8.28. The molecule has 0 spiro atoms. The minimum absolute atomic E-state index is 0.0711. The molecule has 9 heteroatoms. The Bertz CT molecular complexity index is 1160. The number of benzene rings is 3. The predicted molar refractivity (Wildman–Crippen MR) is 116 cm³/mol. The Labute approximate surface area is 179 Å². The van der Waals surface area contributed by atoms with Crippen molar-refractivity contribution in [1.29, 1.82) is 0 Å². The Balaban J connectivity index is 1.80. The Morgan fingerprint density at radius 2 is 1.67 bits per heavy atom. The van der Waals surface area contributed by atoms with Crippen LogP contribution in [0.15, 0.2) is 71.6 Å². The quantitative estimate of drug-likeness (QED) is 0.560. The number of halogens is 1. The van der Waals surface area contributed by atoms with E-state index in [-0.39, 0.29) is 16.1 Å². The molecule has 30 heavy (non-hydrogen) atoms. The first-order chi connectivity index (χ1) is 14.3. The van der Waals surface area contributed by atoms with Crippen LogP contribution < -0.4 is 19.5 Å². The lowest BCUT2D eigenvalue weighted by Gasteiger charge is -2.12. The first-order valence-electron chi connectivity index (χ1n) is 8.74. The van der Waals surface area contributed by atoms with Crippen LogP contribution in [0.4, 0.5) is 11.4 Å². The van der Waals surface area contributed by atoms with E-state index in [1.165, 1.54) is 32.4 Å². The van der Waals surface area contributed by atoms with Gasteiger partial charge in [-0.25, -0.2) is 8.42 Å². The highest BCUT2D eigenvalue weighted by Crippen LogP contribution is 2.28. The van der Waals surface area contributed by atoms with E-state index in [0.29, 0.717) is 22.2 Å². The summed E-state index contributed by atoms with van der Waals surface area (Å²) in [6, 6.07) is 17.0. The first kappa shape index (κ1) is 21.5. The maximum absolute atomic E-state index is 12.7. The van der Waals surface area contributed by atoms with E-state index in [2.05, 4.69) is 10.0 Å². The number of anilines is 2. The number of rotatable bonds is 7. The molecule has 0 aliphatic rings. The highest BCUT2D eigenvalue weighted by Gasteiger charge is 2.16. The number of sulfonamides is 1. The van der Waals surface area contributed by atoms with Gasteiger partial charge in [-0.2, -0.15) is 0 Å². The Hall–Kier alpha value is -3.23. The molecule has 0 heterocycles. The topological polar surface area (TPSA) is 93.7 Å². The molecule has 0 aliphatic carbocycles. The SMILES string of the molecule is COc1ccc(S(=O)(=O)Nc2cccc(C(=O)Nc3cc(Cl)ccc3OC)c2)cc1. The van der Waals surface area contributed by atoms with Crippen molar-refractivity contribution in [3.8, 4) is 11.5 Å².